The van der Waals surface area contributed by atoms with Crippen LogP contribution in [0, 0.1) is 0 Å². The first-order chi connectivity index (χ1) is 15.1. The average Bonchev–Trinajstić information content (AvgIpc) is 2.79. The number of nitrogens with zero attached hydrogens (tertiary/aromatic N) is 1. The van der Waals surface area contributed by atoms with E-state index in [9.17, 15) is 9.59 Å². The molecule has 0 saturated heterocycles. The maximum Gasteiger partial charge on any atom is 0.343 e. The molecule has 0 fully saturated rings. The SMILES string of the molecule is CCCOc1ccc(C(=O)NN=Cc2ccccc2OC(=O)c2ccc(Cl)cc2)cc1. The molecule has 0 saturated carbocycles. The third kappa shape index (κ3) is 6.42. The molecular weight excluding hydrogens is 416 g/mol. The third-order valence-corrected chi connectivity index (χ3v) is 4.41. The lowest BCUT2D eigenvalue weighted by molar-refractivity contribution is 0.0734. The van der Waals surface area contributed by atoms with Gasteiger partial charge in [0.2, 0.25) is 0 Å². The zero-order valence-electron chi connectivity index (χ0n) is 16.9. The Morgan fingerprint density at radius 1 is 0.968 bits per heavy atom. The zero-order valence-corrected chi connectivity index (χ0v) is 17.6. The summed E-state index contributed by atoms with van der Waals surface area (Å²) in [5, 5.41) is 4.51. The Morgan fingerprint density at radius 3 is 2.35 bits per heavy atom. The molecule has 0 radical (unpaired) electrons. The van der Waals surface area contributed by atoms with Crippen LogP contribution in [0.3, 0.4) is 0 Å². The van der Waals surface area contributed by atoms with Crippen LogP contribution in [-0.2, 0) is 0 Å². The largest absolute Gasteiger partial charge is 0.494 e. The van der Waals surface area contributed by atoms with Crippen LogP contribution in [0.5, 0.6) is 11.5 Å². The highest BCUT2D eigenvalue weighted by atomic mass is 35.5. The number of ether oxygens (including phenoxy) is 2. The van der Waals surface area contributed by atoms with E-state index < -0.39 is 5.97 Å². The molecule has 1 amide bonds. The average molecular weight is 437 g/mol. The van der Waals surface area contributed by atoms with Crippen LogP contribution in [0.1, 0.15) is 39.6 Å². The summed E-state index contributed by atoms with van der Waals surface area (Å²) in [5.41, 5.74) is 3.82. The lowest BCUT2D eigenvalue weighted by Crippen LogP contribution is -2.17. The maximum atomic E-state index is 12.3. The van der Waals surface area contributed by atoms with Crippen molar-refractivity contribution in [3.63, 3.8) is 0 Å². The topological polar surface area (TPSA) is 77.0 Å². The summed E-state index contributed by atoms with van der Waals surface area (Å²) < 4.78 is 11.0. The molecule has 31 heavy (non-hydrogen) atoms. The Morgan fingerprint density at radius 2 is 1.65 bits per heavy atom. The fourth-order valence-electron chi connectivity index (χ4n) is 2.57. The van der Waals surface area contributed by atoms with E-state index in [0.29, 0.717) is 39.8 Å². The quantitative estimate of drug-likeness (QED) is 0.230. The first-order valence-corrected chi connectivity index (χ1v) is 10.1. The van der Waals surface area contributed by atoms with Crippen LogP contribution in [0.25, 0.3) is 0 Å². The summed E-state index contributed by atoms with van der Waals surface area (Å²) in [4.78, 5) is 24.6. The molecule has 0 aliphatic rings. The third-order valence-electron chi connectivity index (χ3n) is 4.16. The van der Waals surface area contributed by atoms with E-state index in [1.165, 1.54) is 6.21 Å². The number of halogens is 1. The van der Waals surface area contributed by atoms with Crippen LogP contribution in [-0.4, -0.2) is 24.7 Å². The highest BCUT2D eigenvalue weighted by Gasteiger charge is 2.11. The summed E-state index contributed by atoms with van der Waals surface area (Å²) in [6, 6.07) is 20.1. The van der Waals surface area contributed by atoms with Crippen molar-refractivity contribution < 1.29 is 19.1 Å². The van der Waals surface area contributed by atoms with Gasteiger partial charge in [-0.1, -0.05) is 30.7 Å². The first kappa shape index (κ1) is 22.1. The van der Waals surface area contributed by atoms with Crippen LogP contribution in [0.2, 0.25) is 5.02 Å². The number of hydrogen-bond acceptors (Lipinski definition) is 5. The van der Waals surface area contributed by atoms with E-state index in [1.807, 2.05) is 6.92 Å². The van der Waals surface area contributed by atoms with Crippen molar-refractivity contribution in [2.45, 2.75) is 13.3 Å². The van der Waals surface area contributed by atoms with Crippen molar-refractivity contribution in [2.75, 3.05) is 6.61 Å². The van der Waals surface area contributed by atoms with Gasteiger partial charge in [0, 0.05) is 16.1 Å². The predicted molar refractivity (Wildman–Crippen MR) is 120 cm³/mol. The molecule has 1 N–H and O–H groups in total. The normalized spacial score (nSPS) is 10.6. The van der Waals surface area contributed by atoms with Gasteiger partial charge in [-0.2, -0.15) is 5.10 Å². The van der Waals surface area contributed by atoms with E-state index in [1.54, 1.807) is 72.8 Å². The monoisotopic (exact) mass is 436 g/mol. The second-order valence-electron chi connectivity index (χ2n) is 6.51. The molecule has 0 aromatic heterocycles. The van der Waals surface area contributed by atoms with E-state index in [0.717, 1.165) is 6.42 Å². The molecule has 7 heteroatoms. The molecule has 3 aromatic rings. The Kier molecular flexibility index (Phi) is 7.79. The second-order valence-corrected chi connectivity index (χ2v) is 6.94. The molecule has 0 unspecified atom stereocenters. The van der Waals surface area contributed by atoms with Crippen LogP contribution in [0.15, 0.2) is 77.9 Å². The Hall–Kier alpha value is -3.64. The highest BCUT2D eigenvalue weighted by molar-refractivity contribution is 6.30. The number of rotatable bonds is 8. The number of esters is 1. The van der Waals surface area contributed by atoms with Gasteiger partial charge in [-0.15, -0.1) is 0 Å². The molecule has 6 nitrogen and oxygen atoms in total. The molecule has 0 aliphatic heterocycles. The number of carbonyl (C=O) groups is 2. The van der Waals surface area contributed by atoms with Crippen molar-refractivity contribution in [3.8, 4) is 11.5 Å². The Balaban J connectivity index is 1.62. The fraction of sp³-hybridized carbons (Fsp3) is 0.125. The number of benzene rings is 3. The summed E-state index contributed by atoms with van der Waals surface area (Å²) in [7, 11) is 0. The van der Waals surface area contributed by atoms with Crippen molar-refractivity contribution in [2.24, 2.45) is 5.10 Å². The van der Waals surface area contributed by atoms with Gasteiger partial charge in [0.25, 0.3) is 5.91 Å². The van der Waals surface area contributed by atoms with Gasteiger partial charge in [-0.05, 0) is 67.1 Å². The Labute approximate surface area is 185 Å². The van der Waals surface area contributed by atoms with Gasteiger partial charge in [-0.3, -0.25) is 4.79 Å². The molecule has 0 spiro atoms. The number of amides is 1. The van der Waals surface area contributed by atoms with Gasteiger partial charge >= 0.3 is 5.97 Å². The molecule has 0 bridgehead atoms. The van der Waals surface area contributed by atoms with Crippen molar-refractivity contribution >= 4 is 29.7 Å². The smallest absolute Gasteiger partial charge is 0.343 e. The second kappa shape index (κ2) is 10.9. The highest BCUT2D eigenvalue weighted by Crippen LogP contribution is 2.19. The molecule has 3 rings (SSSR count). The van der Waals surface area contributed by atoms with Crippen molar-refractivity contribution in [3.05, 3.63) is 94.5 Å². The lowest BCUT2D eigenvalue weighted by atomic mass is 10.2. The maximum absolute atomic E-state index is 12.3. The predicted octanol–water partition coefficient (Wildman–Crippen LogP) is 5.11. The van der Waals surface area contributed by atoms with E-state index in [4.69, 9.17) is 21.1 Å². The minimum absolute atomic E-state index is 0.317. The Bertz CT molecular complexity index is 1060. The van der Waals surface area contributed by atoms with Crippen LogP contribution >= 0.6 is 11.6 Å². The summed E-state index contributed by atoms with van der Waals surface area (Å²) >= 11 is 5.85. The fourth-order valence-corrected chi connectivity index (χ4v) is 2.70. The number of carbonyl (C=O) groups excluding carboxylic acids is 2. The number of para-hydroxylation sites is 1. The molecule has 158 valence electrons. The van der Waals surface area contributed by atoms with Gasteiger partial charge in [0.15, 0.2) is 0 Å². The first-order valence-electron chi connectivity index (χ1n) is 9.70. The minimum atomic E-state index is -0.521. The van der Waals surface area contributed by atoms with Crippen molar-refractivity contribution in [1.82, 2.24) is 5.43 Å². The molecule has 0 aliphatic carbocycles. The van der Waals surface area contributed by atoms with E-state index in [-0.39, 0.29) is 5.91 Å². The molecule has 0 heterocycles. The minimum Gasteiger partial charge on any atom is -0.494 e. The van der Waals surface area contributed by atoms with Crippen LogP contribution < -0.4 is 14.9 Å². The lowest BCUT2D eigenvalue weighted by Gasteiger charge is -2.07. The molecule has 3 aromatic carbocycles. The molecule has 0 atom stereocenters. The van der Waals surface area contributed by atoms with E-state index >= 15 is 0 Å². The molecular formula is C24H21ClN2O4. The van der Waals surface area contributed by atoms with Crippen LogP contribution in [0.4, 0.5) is 0 Å². The van der Waals surface area contributed by atoms with Gasteiger partial charge in [0.05, 0.1) is 18.4 Å². The standard InChI is InChI=1S/C24H21ClN2O4/c1-2-15-30-21-13-9-17(10-14-21)23(28)27-26-16-19-5-3-4-6-22(19)31-24(29)18-7-11-20(25)12-8-18/h3-14,16H,2,15H2,1H3,(H,27,28). The zero-order chi connectivity index (χ0) is 22.1. The summed E-state index contributed by atoms with van der Waals surface area (Å²) in [6.45, 7) is 2.65. The van der Waals surface area contributed by atoms with E-state index in [2.05, 4.69) is 10.5 Å². The van der Waals surface area contributed by atoms with Gasteiger partial charge < -0.3 is 9.47 Å². The number of nitrogens with one attached hydrogen (secondary N) is 1. The number of hydrogen-bond donors (Lipinski definition) is 1. The van der Waals surface area contributed by atoms with Gasteiger partial charge in [-0.25, -0.2) is 10.2 Å². The summed E-state index contributed by atoms with van der Waals surface area (Å²) in [6.07, 6.45) is 2.33. The summed E-state index contributed by atoms with van der Waals surface area (Å²) in [5.74, 6) is 0.136. The van der Waals surface area contributed by atoms with Gasteiger partial charge in [0.1, 0.15) is 11.5 Å². The van der Waals surface area contributed by atoms with Crippen molar-refractivity contribution in [1.29, 1.82) is 0 Å². The number of hydrazone groups is 1.